The smallest absolute Gasteiger partial charge is 0.219 e. The summed E-state index contributed by atoms with van der Waals surface area (Å²) in [6.45, 7) is 0. The molecule has 0 aromatic heterocycles. The minimum Gasteiger partial charge on any atom is -0.508 e. The van der Waals surface area contributed by atoms with Gasteiger partial charge in [0, 0.05) is 13.5 Å². The van der Waals surface area contributed by atoms with Gasteiger partial charge in [0.2, 0.25) is 5.91 Å². The van der Waals surface area contributed by atoms with Crippen molar-refractivity contribution >= 4 is 5.91 Å². The third-order valence-corrected chi connectivity index (χ3v) is 2.12. The second-order valence-corrected chi connectivity index (χ2v) is 3.16. The SMILES string of the molecule is CNC(=O)CCCc1ccccc1O. The van der Waals surface area contributed by atoms with Crippen molar-refractivity contribution in [1.29, 1.82) is 0 Å². The summed E-state index contributed by atoms with van der Waals surface area (Å²) in [6, 6.07) is 7.21. The average Bonchev–Trinajstić information content (AvgIpc) is 2.20. The molecule has 0 radical (unpaired) electrons. The van der Waals surface area contributed by atoms with Crippen molar-refractivity contribution in [3.8, 4) is 5.75 Å². The predicted octanol–water partition coefficient (Wildman–Crippen LogP) is 1.46. The summed E-state index contributed by atoms with van der Waals surface area (Å²) in [6.07, 6.45) is 2.00. The lowest BCUT2D eigenvalue weighted by Crippen LogP contribution is -2.17. The third kappa shape index (κ3) is 3.09. The molecule has 0 fully saturated rings. The Labute approximate surface area is 83.8 Å². The molecule has 0 spiro atoms. The van der Waals surface area contributed by atoms with Gasteiger partial charge >= 0.3 is 0 Å². The fraction of sp³-hybridized carbons (Fsp3) is 0.364. The second kappa shape index (κ2) is 5.27. The number of amides is 1. The van der Waals surface area contributed by atoms with E-state index in [1.807, 2.05) is 12.1 Å². The first-order valence-electron chi connectivity index (χ1n) is 4.71. The molecule has 3 nitrogen and oxygen atoms in total. The number of benzene rings is 1. The van der Waals surface area contributed by atoms with Crippen LogP contribution in [0, 0.1) is 0 Å². The van der Waals surface area contributed by atoms with E-state index in [2.05, 4.69) is 5.32 Å². The van der Waals surface area contributed by atoms with E-state index in [1.165, 1.54) is 0 Å². The molecule has 0 saturated heterocycles. The summed E-state index contributed by atoms with van der Waals surface area (Å²) in [4.78, 5) is 10.9. The van der Waals surface area contributed by atoms with Crippen molar-refractivity contribution in [2.24, 2.45) is 0 Å². The maximum absolute atomic E-state index is 10.9. The molecule has 0 aliphatic carbocycles. The molecule has 3 heteroatoms. The lowest BCUT2D eigenvalue weighted by molar-refractivity contribution is -0.120. The largest absolute Gasteiger partial charge is 0.508 e. The fourth-order valence-corrected chi connectivity index (χ4v) is 1.29. The van der Waals surface area contributed by atoms with Gasteiger partial charge in [-0.2, -0.15) is 0 Å². The Morgan fingerprint density at radius 1 is 1.43 bits per heavy atom. The van der Waals surface area contributed by atoms with Crippen LogP contribution in [0.25, 0.3) is 0 Å². The van der Waals surface area contributed by atoms with Gasteiger partial charge in [-0.3, -0.25) is 4.79 Å². The fourth-order valence-electron chi connectivity index (χ4n) is 1.29. The van der Waals surface area contributed by atoms with Gasteiger partial charge in [-0.05, 0) is 24.5 Å². The van der Waals surface area contributed by atoms with E-state index < -0.39 is 0 Å². The highest BCUT2D eigenvalue weighted by Gasteiger charge is 2.01. The molecule has 0 unspecified atom stereocenters. The maximum Gasteiger partial charge on any atom is 0.219 e. The van der Waals surface area contributed by atoms with Crippen LogP contribution in [0.15, 0.2) is 24.3 Å². The number of hydrogen-bond acceptors (Lipinski definition) is 2. The minimum atomic E-state index is 0.0421. The first-order chi connectivity index (χ1) is 6.74. The lowest BCUT2D eigenvalue weighted by atomic mass is 10.1. The van der Waals surface area contributed by atoms with E-state index in [9.17, 15) is 9.90 Å². The van der Waals surface area contributed by atoms with Gasteiger partial charge in [0.15, 0.2) is 0 Å². The standard InChI is InChI=1S/C11H15NO2/c1-12-11(14)8-4-6-9-5-2-3-7-10(9)13/h2-3,5,7,13H,4,6,8H2,1H3,(H,12,14). The Morgan fingerprint density at radius 2 is 2.14 bits per heavy atom. The molecule has 1 aromatic rings. The van der Waals surface area contributed by atoms with Crippen LogP contribution < -0.4 is 5.32 Å². The average molecular weight is 193 g/mol. The molecule has 1 rings (SSSR count). The zero-order chi connectivity index (χ0) is 10.4. The Morgan fingerprint density at radius 3 is 2.79 bits per heavy atom. The molecule has 1 aromatic carbocycles. The van der Waals surface area contributed by atoms with Crippen LogP contribution in [0.1, 0.15) is 18.4 Å². The number of aromatic hydroxyl groups is 1. The summed E-state index contributed by atoms with van der Waals surface area (Å²) in [5.74, 6) is 0.352. The van der Waals surface area contributed by atoms with Crippen molar-refractivity contribution in [3.05, 3.63) is 29.8 Å². The minimum absolute atomic E-state index is 0.0421. The van der Waals surface area contributed by atoms with E-state index in [1.54, 1.807) is 19.2 Å². The van der Waals surface area contributed by atoms with Crippen molar-refractivity contribution in [3.63, 3.8) is 0 Å². The van der Waals surface area contributed by atoms with E-state index in [-0.39, 0.29) is 5.91 Å². The van der Waals surface area contributed by atoms with E-state index in [0.717, 1.165) is 18.4 Å². The molecule has 0 heterocycles. The van der Waals surface area contributed by atoms with E-state index in [0.29, 0.717) is 12.2 Å². The van der Waals surface area contributed by atoms with Crippen LogP contribution in [0.3, 0.4) is 0 Å². The Kier molecular flexibility index (Phi) is 3.98. The molecule has 0 bridgehead atoms. The number of phenolic OH excluding ortho intramolecular Hbond substituents is 1. The van der Waals surface area contributed by atoms with Crippen molar-refractivity contribution in [1.82, 2.24) is 5.32 Å². The van der Waals surface area contributed by atoms with Crippen molar-refractivity contribution in [2.75, 3.05) is 7.05 Å². The molecule has 14 heavy (non-hydrogen) atoms. The number of nitrogens with one attached hydrogen (secondary N) is 1. The first-order valence-corrected chi connectivity index (χ1v) is 4.71. The summed E-state index contributed by atoms with van der Waals surface area (Å²) in [5, 5.41) is 12.0. The summed E-state index contributed by atoms with van der Waals surface area (Å²) in [5.41, 5.74) is 0.899. The highest BCUT2D eigenvalue weighted by molar-refractivity contribution is 5.75. The van der Waals surface area contributed by atoms with Crippen molar-refractivity contribution < 1.29 is 9.90 Å². The lowest BCUT2D eigenvalue weighted by Gasteiger charge is -2.03. The normalized spacial score (nSPS) is 9.79. The van der Waals surface area contributed by atoms with Gasteiger partial charge in [-0.15, -0.1) is 0 Å². The molecule has 1 amide bonds. The molecule has 76 valence electrons. The number of carbonyl (C=O) groups is 1. The van der Waals surface area contributed by atoms with Crippen LogP contribution in [0.2, 0.25) is 0 Å². The maximum atomic E-state index is 10.9. The number of phenols is 1. The van der Waals surface area contributed by atoms with Crippen LogP contribution in [0.4, 0.5) is 0 Å². The second-order valence-electron chi connectivity index (χ2n) is 3.16. The number of rotatable bonds is 4. The van der Waals surface area contributed by atoms with Gasteiger partial charge in [0.1, 0.15) is 5.75 Å². The number of aryl methyl sites for hydroxylation is 1. The first kappa shape index (κ1) is 10.6. The molecule has 2 N–H and O–H groups in total. The van der Waals surface area contributed by atoms with Gasteiger partial charge in [-0.1, -0.05) is 18.2 Å². The molecule has 0 aliphatic heterocycles. The monoisotopic (exact) mass is 193 g/mol. The molecule has 0 saturated carbocycles. The molecular formula is C11H15NO2. The Hall–Kier alpha value is -1.51. The van der Waals surface area contributed by atoms with Crippen LogP contribution in [-0.4, -0.2) is 18.1 Å². The predicted molar refractivity (Wildman–Crippen MR) is 55.1 cm³/mol. The van der Waals surface area contributed by atoms with Gasteiger partial charge < -0.3 is 10.4 Å². The quantitative estimate of drug-likeness (QED) is 0.760. The molecule has 0 aliphatic rings. The van der Waals surface area contributed by atoms with Gasteiger partial charge in [0.25, 0.3) is 0 Å². The van der Waals surface area contributed by atoms with Crippen molar-refractivity contribution in [2.45, 2.75) is 19.3 Å². The molecule has 0 atom stereocenters. The Bertz CT molecular complexity index is 310. The van der Waals surface area contributed by atoms with Gasteiger partial charge in [0.05, 0.1) is 0 Å². The number of carbonyl (C=O) groups excluding carboxylic acids is 1. The summed E-state index contributed by atoms with van der Waals surface area (Å²) in [7, 11) is 1.63. The molecular weight excluding hydrogens is 178 g/mol. The number of para-hydroxylation sites is 1. The Balaban J connectivity index is 2.39. The van der Waals surface area contributed by atoms with E-state index >= 15 is 0 Å². The third-order valence-electron chi connectivity index (χ3n) is 2.12. The zero-order valence-corrected chi connectivity index (χ0v) is 8.29. The topological polar surface area (TPSA) is 49.3 Å². The van der Waals surface area contributed by atoms with E-state index in [4.69, 9.17) is 0 Å². The number of hydrogen-bond donors (Lipinski definition) is 2. The summed E-state index contributed by atoms with van der Waals surface area (Å²) >= 11 is 0. The van der Waals surface area contributed by atoms with Crippen LogP contribution in [-0.2, 0) is 11.2 Å². The zero-order valence-electron chi connectivity index (χ0n) is 8.29. The van der Waals surface area contributed by atoms with Crippen LogP contribution >= 0.6 is 0 Å². The highest BCUT2D eigenvalue weighted by atomic mass is 16.3. The highest BCUT2D eigenvalue weighted by Crippen LogP contribution is 2.17. The van der Waals surface area contributed by atoms with Gasteiger partial charge in [-0.25, -0.2) is 0 Å². The van der Waals surface area contributed by atoms with Crippen LogP contribution in [0.5, 0.6) is 5.75 Å². The summed E-state index contributed by atoms with van der Waals surface area (Å²) < 4.78 is 0.